The van der Waals surface area contributed by atoms with Crippen molar-refractivity contribution >= 4 is 11.8 Å². The summed E-state index contributed by atoms with van der Waals surface area (Å²) in [5.74, 6) is 2.07. The van der Waals surface area contributed by atoms with Gasteiger partial charge in [-0.15, -0.1) is 0 Å². The second kappa shape index (κ2) is 3.81. The lowest BCUT2D eigenvalue weighted by Gasteiger charge is -2.02. The summed E-state index contributed by atoms with van der Waals surface area (Å²) in [6, 6.07) is -0.255. The molecule has 0 radical (unpaired) electrons. The minimum Gasteiger partial charge on any atom is -0.264 e. The molecule has 0 bridgehead atoms. The highest BCUT2D eigenvalue weighted by Crippen LogP contribution is 2.18. The molecule has 0 saturated carbocycles. The van der Waals surface area contributed by atoms with Gasteiger partial charge in [0, 0.05) is 17.8 Å². The van der Waals surface area contributed by atoms with Crippen LogP contribution in [0.25, 0.3) is 0 Å². The van der Waals surface area contributed by atoms with E-state index in [0.29, 0.717) is 0 Å². The molecule has 3 nitrogen and oxygen atoms in total. The van der Waals surface area contributed by atoms with Crippen molar-refractivity contribution in [1.29, 1.82) is 0 Å². The molecule has 1 fully saturated rings. The van der Waals surface area contributed by atoms with Crippen LogP contribution in [0.2, 0.25) is 0 Å². The van der Waals surface area contributed by atoms with Crippen molar-refractivity contribution in [1.82, 2.24) is 0 Å². The third-order valence-corrected chi connectivity index (χ3v) is 2.82. The standard InChI is InChI=1S/C6H11NO2S/c8-7(9)6-2-1-4-10-5-3-6/h6H,1-5H2. The van der Waals surface area contributed by atoms with Crippen molar-refractivity contribution in [2.45, 2.75) is 25.3 Å². The maximum absolute atomic E-state index is 10.3. The molecule has 1 aliphatic heterocycles. The monoisotopic (exact) mass is 161 g/mol. The summed E-state index contributed by atoms with van der Waals surface area (Å²) in [7, 11) is 0. The Labute approximate surface area is 64.3 Å². The van der Waals surface area contributed by atoms with Gasteiger partial charge < -0.3 is 0 Å². The molecule has 58 valence electrons. The molecule has 0 aromatic rings. The fourth-order valence-corrected chi connectivity index (χ4v) is 2.11. The topological polar surface area (TPSA) is 43.1 Å². The zero-order chi connectivity index (χ0) is 7.40. The van der Waals surface area contributed by atoms with Gasteiger partial charge >= 0.3 is 0 Å². The molecule has 1 unspecified atom stereocenters. The maximum atomic E-state index is 10.3. The Balaban J connectivity index is 2.35. The average molecular weight is 161 g/mol. The van der Waals surface area contributed by atoms with Gasteiger partial charge in [-0.2, -0.15) is 11.8 Å². The number of hydrogen-bond donors (Lipinski definition) is 0. The summed E-state index contributed by atoms with van der Waals surface area (Å²) in [6.45, 7) is 0. The van der Waals surface area contributed by atoms with Crippen LogP contribution in [0, 0.1) is 10.1 Å². The van der Waals surface area contributed by atoms with E-state index in [0.717, 1.165) is 30.8 Å². The Morgan fingerprint density at radius 2 is 2.20 bits per heavy atom. The Hall–Kier alpha value is -0.250. The van der Waals surface area contributed by atoms with Crippen LogP contribution in [-0.4, -0.2) is 22.5 Å². The molecule has 1 atom stereocenters. The Morgan fingerprint density at radius 3 is 2.90 bits per heavy atom. The van der Waals surface area contributed by atoms with Gasteiger partial charge in [0.2, 0.25) is 6.04 Å². The first kappa shape index (κ1) is 7.85. The summed E-state index contributed by atoms with van der Waals surface area (Å²) in [4.78, 5) is 10.2. The van der Waals surface area contributed by atoms with Crippen molar-refractivity contribution in [3.63, 3.8) is 0 Å². The molecule has 0 aromatic heterocycles. The van der Waals surface area contributed by atoms with Gasteiger partial charge in [0.1, 0.15) is 0 Å². The molecule has 1 rings (SSSR count). The first-order chi connectivity index (χ1) is 4.80. The lowest BCUT2D eigenvalue weighted by Crippen LogP contribution is -2.18. The van der Waals surface area contributed by atoms with Gasteiger partial charge in [-0.3, -0.25) is 10.1 Å². The molecule has 0 aromatic carbocycles. The van der Waals surface area contributed by atoms with Crippen LogP contribution in [-0.2, 0) is 0 Å². The normalized spacial score (nSPS) is 27.4. The zero-order valence-electron chi connectivity index (χ0n) is 5.78. The largest absolute Gasteiger partial charge is 0.264 e. The molecule has 1 saturated heterocycles. The van der Waals surface area contributed by atoms with Crippen molar-refractivity contribution in [3.8, 4) is 0 Å². The summed E-state index contributed by atoms with van der Waals surface area (Å²) in [6.07, 6.45) is 2.55. The summed E-state index contributed by atoms with van der Waals surface area (Å²) >= 11 is 1.83. The van der Waals surface area contributed by atoms with E-state index in [9.17, 15) is 10.1 Å². The Kier molecular flexibility index (Phi) is 2.99. The smallest absolute Gasteiger partial charge is 0.214 e. The van der Waals surface area contributed by atoms with Gasteiger partial charge in [0.25, 0.3) is 0 Å². The van der Waals surface area contributed by atoms with E-state index in [-0.39, 0.29) is 11.0 Å². The molecule has 0 aliphatic carbocycles. The van der Waals surface area contributed by atoms with Crippen LogP contribution >= 0.6 is 11.8 Å². The molecular weight excluding hydrogens is 150 g/mol. The fraction of sp³-hybridized carbons (Fsp3) is 1.00. The quantitative estimate of drug-likeness (QED) is 0.433. The second-order valence-electron chi connectivity index (χ2n) is 2.48. The van der Waals surface area contributed by atoms with E-state index in [1.165, 1.54) is 0 Å². The van der Waals surface area contributed by atoms with E-state index in [1.807, 2.05) is 11.8 Å². The predicted octanol–water partition coefficient (Wildman–Crippen LogP) is 1.55. The van der Waals surface area contributed by atoms with Gasteiger partial charge in [0.05, 0.1) is 0 Å². The lowest BCUT2D eigenvalue weighted by atomic mass is 10.1. The third-order valence-electron chi connectivity index (χ3n) is 1.72. The van der Waals surface area contributed by atoms with E-state index < -0.39 is 0 Å². The Morgan fingerprint density at radius 1 is 1.40 bits per heavy atom. The predicted molar refractivity (Wildman–Crippen MR) is 42.0 cm³/mol. The highest BCUT2D eigenvalue weighted by atomic mass is 32.2. The van der Waals surface area contributed by atoms with E-state index in [2.05, 4.69) is 0 Å². The van der Waals surface area contributed by atoms with Gasteiger partial charge in [-0.25, -0.2) is 0 Å². The summed E-state index contributed by atoms with van der Waals surface area (Å²) in [5, 5.41) is 10.3. The van der Waals surface area contributed by atoms with Crippen molar-refractivity contribution in [3.05, 3.63) is 10.1 Å². The highest BCUT2D eigenvalue weighted by Gasteiger charge is 2.20. The van der Waals surface area contributed by atoms with Crippen LogP contribution in [0.4, 0.5) is 0 Å². The van der Waals surface area contributed by atoms with Crippen LogP contribution < -0.4 is 0 Å². The van der Waals surface area contributed by atoms with Gasteiger partial charge in [-0.1, -0.05) is 0 Å². The van der Waals surface area contributed by atoms with Crippen LogP contribution in [0.15, 0.2) is 0 Å². The van der Waals surface area contributed by atoms with E-state index in [1.54, 1.807) is 0 Å². The average Bonchev–Trinajstić information content (AvgIpc) is 2.12. The lowest BCUT2D eigenvalue weighted by molar-refractivity contribution is -0.523. The maximum Gasteiger partial charge on any atom is 0.214 e. The molecule has 0 N–H and O–H groups in total. The molecule has 1 heterocycles. The van der Waals surface area contributed by atoms with Crippen molar-refractivity contribution < 1.29 is 4.92 Å². The van der Waals surface area contributed by atoms with Gasteiger partial charge in [-0.05, 0) is 17.9 Å². The molecule has 1 aliphatic rings. The highest BCUT2D eigenvalue weighted by molar-refractivity contribution is 7.99. The Bertz CT molecular complexity index is 121. The van der Waals surface area contributed by atoms with Gasteiger partial charge in [0.15, 0.2) is 0 Å². The molecule has 10 heavy (non-hydrogen) atoms. The van der Waals surface area contributed by atoms with E-state index in [4.69, 9.17) is 0 Å². The van der Waals surface area contributed by atoms with Crippen molar-refractivity contribution in [2.75, 3.05) is 11.5 Å². The summed E-state index contributed by atoms with van der Waals surface area (Å²) in [5.41, 5.74) is 0. The van der Waals surface area contributed by atoms with E-state index >= 15 is 0 Å². The third kappa shape index (κ3) is 2.17. The number of nitro groups is 1. The number of thioether (sulfide) groups is 1. The van der Waals surface area contributed by atoms with Crippen LogP contribution in [0.5, 0.6) is 0 Å². The molecular formula is C6H11NO2S. The van der Waals surface area contributed by atoms with Crippen molar-refractivity contribution in [2.24, 2.45) is 0 Å². The minimum atomic E-state index is -0.255. The molecule has 0 spiro atoms. The summed E-state index contributed by atoms with van der Waals surface area (Å²) < 4.78 is 0. The first-order valence-corrected chi connectivity index (χ1v) is 4.67. The fourth-order valence-electron chi connectivity index (χ4n) is 1.10. The molecule has 0 amide bonds. The van der Waals surface area contributed by atoms with Crippen LogP contribution in [0.1, 0.15) is 19.3 Å². The number of hydrogen-bond acceptors (Lipinski definition) is 3. The second-order valence-corrected chi connectivity index (χ2v) is 3.71. The SMILES string of the molecule is O=[N+]([O-])C1CCCSCC1. The van der Waals surface area contributed by atoms with Crippen LogP contribution in [0.3, 0.4) is 0 Å². The number of rotatable bonds is 1. The number of nitrogens with zero attached hydrogens (tertiary/aromatic N) is 1. The zero-order valence-corrected chi connectivity index (χ0v) is 6.60. The minimum absolute atomic E-state index is 0.133. The molecule has 4 heteroatoms. The first-order valence-electron chi connectivity index (χ1n) is 3.52.